The molecule has 0 aliphatic carbocycles. The van der Waals surface area contributed by atoms with E-state index < -0.39 is 0 Å². The number of anilines is 1. The highest BCUT2D eigenvalue weighted by molar-refractivity contribution is 9.10. The fourth-order valence-corrected chi connectivity index (χ4v) is 3.41. The third-order valence-corrected chi connectivity index (χ3v) is 5.53. The molecule has 0 bridgehead atoms. The SMILES string of the molecule is Cc1ccc(NC(=O)CSc2nccn(-c3ccc(Br)cc3)c2=O)cc1C. The average Bonchev–Trinajstić information content (AvgIpc) is 2.65. The van der Waals surface area contributed by atoms with E-state index in [2.05, 4.69) is 26.2 Å². The first-order valence-corrected chi connectivity index (χ1v) is 10.1. The molecular weight excluding hydrogens is 426 g/mol. The molecule has 3 aromatic rings. The van der Waals surface area contributed by atoms with Crippen LogP contribution in [-0.4, -0.2) is 21.2 Å². The van der Waals surface area contributed by atoms with Gasteiger partial charge in [0, 0.05) is 28.2 Å². The van der Waals surface area contributed by atoms with E-state index in [1.54, 1.807) is 12.4 Å². The lowest BCUT2D eigenvalue weighted by molar-refractivity contribution is -0.113. The quantitative estimate of drug-likeness (QED) is 0.595. The van der Waals surface area contributed by atoms with Crippen molar-refractivity contribution in [2.75, 3.05) is 11.1 Å². The summed E-state index contributed by atoms with van der Waals surface area (Å²) in [6, 6.07) is 13.2. The fourth-order valence-electron chi connectivity index (χ4n) is 2.45. The number of rotatable bonds is 5. The second-order valence-corrected chi connectivity index (χ2v) is 7.90. The standard InChI is InChI=1S/C20H18BrN3O2S/c1-13-3-6-16(11-14(13)2)23-18(25)12-27-19-20(26)24(10-9-22-19)17-7-4-15(21)5-8-17/h3-11H,12H2,1-2H3,(H,23,25). The van der Waals surface area contributed by atoms with Crippen LogP contribution in [0, 0.1) is 13.8 Å². The predicted octanol–water partition coefficient (Wildman–Crippen LogP) is 4.34. The summed E-state index contributed by atoms with van der Waals surface area (Å²) in [5.41, 5.74) is 3.53. The maximum Gasteiger partial charge on any atom is 0.287 e. The minimum Gasteiger partial charge on any atom is -0.325 e. The first kappa shape index (κ1) is 19.4. The van der Waals surface area contributed by atoms with Crippen molar-refractivity contribution in [2.45, 2.75) is 18.9 Å². The lowest BCUT2D eigenvalue weighted by atomic mass is 10.1. The van der Waals surface area contributed by atoms with E-state index in [0.29, 0.717) is 0 Å². The lowest BCUT2D eigenvalue weighted by Gasteiger charge is -2.09. The topological polar surface area (TPSA) is 64.0 Å². The van der Waals surface area contributed by atoms with Gasteiger partial charge in [-0.2, -0.15) is 0 Å². The van der Waals surface area contributed by atoms with Gasteiger partial charge >= 0.3 is 0 Å². The molecule has 1 heterocycles. The van der Waals surface area contributed by atoms with E-state index in [1.165, 1.54) is 10.1 Å². The maximum absolute atomic E-state index is 12.6. The van der Waals surface area contributed by atoms with Crippen molar-refractivity contribution in [2.24, 2.45) is 0 Å². The number of benzene rings is 2. The summed E-state index contributed by atoms with van der Waals surface area (Å²) >= 11 is 4.51. The molecule has 0 fully saturated rings. The monoisotopic (exact) mass is 443 g/mol. The van der Waals surface area contributed by atoms with Crippen molar-refractivity contribution in [1.29, 1.82) is 0 Å². The molecule has 0 unspecified atom stereocenters. The third kappa shape index (κ3) is 4.87. The number of amides is 1. The molecule has 0 atom stereocenters. The van der Waals surface area contributed by atoms with Gasteiger partial charge in [0.1, 0.15) is 0 Å². The van der Waals surface area contributed by atoms with Crippen molar-refractivity contribution in [1.82, 2.24) is 9.55 Å². The molecule has 0 spiro atoms. The molecule has 7 heteroatoms. The molecule has 0 saturated heterocycles. The van der Waals surface area contributed by atoms with E-state index in [-0.39, 0.29) is 22.2 Å². The number of thioether (sulfide) groups is 1. The Bertz CT molecular complexity index is 1030. The second kappa shape index (κ2) is 8.54. The predicted molar refractivity (Wildman–Crippen MR) is 113 cm³/mol. The summed E-state index contributed by atoms with van der Waals surface area (Å²) in [6.07, 6.45) is 3.18. The number of carbonyl (C=O) groups excluding carboxylic acids is 1. The molecule has 3 rings (SSSR count). The highest BCUT2D eigenvalue weighted by atomic mass is 79.9. The summed E-state index contributed by atoms with van der Waals surface area (Å²) in [4.78, 5) is 29.0. The Kier molecular flexibility index (Phi) is 6.13. The van der Waals surface area contributed by atoms with Crippen LogP contribution in [0.25, 0.3) is 5.69 Å². The zero-order valence-electron chi connectivity index (χ0n) is 14.9. The highest BCUT2D eigenvalue weighted by Gasteiger charge is 2.10. The van der Waals surface area contributed by atoms with Gasteiger partial charge in [-0.05, 0) is 61.4 Å². The first-order valence-electron chi connectivity index (χ1n) is 8.27. The van der Waals surface area contributed by atoms with Gasteiger partial charge in [-0.1, -0.05) is 33.8 Å². The number of hydrogen-bond acceptors (Lipinski definition) is 4. The van der Waals surface area contributed by atoms with Crippen molar-refractivity contribution in [3.63, 3.8) is 0 Å². The number of hydrogen-bond donors (Lipinski definition) is 1. The van der Waals surface area contributed by atoms with Crippen molar-refractivity contribution in [3.05, 3.63) is 80.8 Å². The number of aryl methyl sites for hydroxylation is 2. The second-order valence-electron chi connectivity index (χ2n) is 6.02. The van der Waals surface area contributed by atoms with Gasteiger partial charge in [-0.3, -0.25) is 14.2 Å². The van der Waals surface area contributed by atoms with Crippen LogP contribution < -0.4 is 10.9 Å². The van der Waals surface area contributed by atoms with Gasteiger partial charge in [0.15, 0.2) is 5.03 Å². The Morgan fingerprint density at radius 3 is 2.59 bits per heavy atom. The molecule has 1 N–H and O–H groups in total. The van der Waals surface area contributed by atoms with Crippen LogP contribution in [0.4, 0.5) is 5.69 Å². The molecular formula is C20H18BrN3O2S. The van der Waals surface area contributed by atoms with Crippen molar-refractivity contribution in [3.8, 4) is 5.69 Å². The molecule has 5 nitrogen and oxygen atoms in total. The highest BCUT2D eigenvalue weighted by Crippen LogP contribution is 2.17. The maximum atomic E-state index is 12.6. The molecule has 0 aliphatic heterocycles. The van der Waals surface area contributed by atoms with Crippen LogP contribution in [0.3, 0.4) is 0 Å². The summed E-state index contributed by atoms with van der Waals surface area (Å²) in [6.45, 7) is 4.02. The summed E-state index contributed by atoms with van der Waals surface area (Å²) in [7, 11) is 0. The Morgan fingerprint density at radius 1 is 1.15 bits per heavy atom. The van der Waals surface area contributed by atoms with Gasteiger partial charge in [0.25, 0.3) is 5.56 Å². The largest absolute Gasteiger partial charge is 0.325 e. The van der Waals surface area contributed by atoms with Gasteiger partial charge in [0.2, 0.25) is 5.91 Å². The summed E-state index contributed by atoms with van der Waals surface area (Å²) < 4.78 is 2.45. The van der Waals surface area contributed by atoms with Crippen LogP contribution in [0.15, 0.2) is 69.2 Å². The number of nitrogens with one attached hydrogen (secondary N) is 1. The number of aromatic nitrogens is 2. The molecule has 1 amide bonds. The molecule has 0 radical (unpaired) electrons. The van der Waals surface area contributed by atoms with Gasteiger partial charge < -0.3 is 5.32 Å². The van der Waals surface area contributed by atoms with Crippen LogP contribution in [0.5, 0.6) is 0 Å². The molecule has 1 aromatic heterocycles. The third-order valence-electron chi connectivity index (χ3n) is 4.04. The first-order chi connectivity index (χ1) is 12.9. The molecule has 2 aromatic carbocycles. The van der Waals surface area contributed by atoms with Crippen LogP contribution in [0.1, 0.15) is 11.1 Å². The van der Waals surface area contributed by atoms with Crippen LogP contribution >= 0.6 is 27.7 Å². The number of halogens is 1. The lowest BCUT2D eigenvalue weighted by Crippen LogP contribution is -2.22. The van der Waals surface area contributed by atoms with Crippen LogP contribution in [-0.2, 0) is 4.79 Å². The molecule has 27 heavy (non-hydrogen) atoms. The normalized spacial score (nSPS) is 10.6. The van der Waals surface area contributed by atoms with Gasteiger partial charge in [-0.25, -0.2) is 4.98 Å². The summed E-state index contributed by atoms with van der Waals surface area (Å²) in [5, 5.41) is 3.14. The van der Waals surface area contributed by atoms with E-state index in [1.807, 2.05) is 56.3 Å². The average molecular weight is 444 g/mol. The fraction of sp³-hybridized carbons (Fsp3) is 0.150. The minimum atomic E-state index is -0.246. The molecule has 138 valence electrons. The summed E-state index contributed by atoms with van der Waals surface area (Å²) in [5.74, 6) is -0.0667. The number of nitrogens with zero attached hydrogens (tertiary/aromatic N) is 2. The molecule has 0 aliphatic rings. The van der Waals surface area contributed by atoms with E-state index in [4.69, 9.17) is 0 Å². The Balaban J connectivity index is 1.70. The Labute approximate surface area is 170 Å². The number of carbonyl (C=O) groups is 1. The smallest absolute Gasteiger partial charge is 0.287 e. The van der Waals surface area contributed by atoms with Gasteiger partial charge in [0.05, 0.1) is 5.75 Å². The van der Waals surface area contributed by atoms with Crippen LogP contribution in [0.2, 0.25) is 0 Å². The van der Waals surface area contributed by atoms with Gasteiger partial charge in [-0.15, -0.1) is 0 Å². The zero-order chi connectivity index (χ0) is 19.4. The van der Waals surface area contributed by atoms with E-state index in [9.17, 15) is 9.59 Å². The Hall–Kier alpha value is -2.38. The van der Waals surface area contributed by atoms with Crippen molar-refractivity contribution < 1.29 is 4.79 Å². The van der Waals surface area contributed by atoms with E-state index in [0.717, 1.165) is 33.2 Å². The van der Waals surface area contributed by atoms with E-state index >= 15 is 0 Å². The minimum absolute atomic E-state index is 0.111. The zero-order valence-corrected chi connectivity index (χ0v) is 17.3. The van der Waals surface area contributed by atoms with Crippen molar-refractivity contribution >= 4 is 39.3 Å². The Morgan fingerprint density at radius 2 is 1.89 bits per heavy atom. The molecule has 0 saturated carbocycles.